The molecular weight excluding hydrogens is 331 g/mol. The van der Waals surface area contributed by atoms with Crippen LogP contribution in [0.3, 0.4) is 0 Å². The van der Waals surface area contributed by atoms with E-state index in [0.29, 0.717) is 31.4 Å². The van der Waals surface area contributed by atoms with Crippen molar-refractivity contribution in [2.75, 3.05) is 5.32 Å². The first-order valence-electron chi connectivity index (χ1n) is 8.17. The lowest BCUT2D eigenvalue weighted by Crippen LogP contribution is -2.46. The average molecular weight is 356 g/mol. The molecule has 1 amide bonds. The predicted molar refractivity (Wildman–Crippen MR) is 92.6 cm³/mol. The van der Waals surface area contributed by atoms with Crippen molar-refractivity contribution in [3.05, 3.63) is 30.1 Å². The fourth-order valence-corrected chi connectivity index (χ4v) is 3.68. The van der Waals surface area contributed by atoms with Crippen LogP contribution in [0.1, 0.15) is 46.5 Å². The van der Waals surface area contributed by atoms with Crippen LogP contribution >= 0.6 is 0 Å². The maximum atomic E-state index is 12.9. The Morgan fingerprint density at radius 1 is 1.08 bits per heavy atom. The van der Waals surface area contributed by atoms with Gasteiger partial charge in [-0.1, -0.05) is 0 Å². The van der Waals surface area contributed by atoms with Crippen molar-refractivity contribution in [1.82, 2.24) is 4.72 Å². The molecule has 0 aromatic heterocycles. The standard InChI is InChI=1S/C17H25FN2O3S/c1-17(2,3)24(22,23)20-15-8-4-12(5-9-15)16(21)19-14-10-6-13(18)7-11-14/h6-7,10-12,15,20H,4-5,8-9H2,1-3H3,(H,19,21)/t12-,15-. The van der Waals surface area contributed by atoms with Gasteiger partial charge in [0.2, 0.25) is 15.9 Å². The van der Waals surface area contributed by atoms with E-state index in [1.165, 1.54) is 24.3 Å². The Hall–Kier alpha value is -1.47. The van der Waals surface area contributed by atoms with Crippen LogP contribution in [0.5, 0.6) is 0 Å². The predicted octanol–water partition coefficient (Wildman–Crippen LogP) is 3.04. The molecule has 1 aliphatic carbocycles. The molecule has 24 heavy (non-hydrogen) atoms. The lowest BCUT2D eigenvalue weighted by molar-refractivity contribution is -0.120. The number of anilines is 1. The first kappa shape index (κ1) is 18.9. The second-order valence-corrected chi connectivity index (χ2v) is 9.75. The Morgan fingerprint density at radius 3 is 2.12 bits per heavy atom. The van der Waals surface area contributed by atoms with Crippen LogP contribution in [0.4, 0.5) is 10.1 Å². The Morgan fingerprint density at radius 2 is 1.62 bits per heavy atom. The molecule has 0 atom stereocenters. The van der Waals surface area contributed by atoms with Crippen molar-refractivity contribution in [1.29, 1.82) is 0 Å². The van der Waals surface area contributed by atoms with Crippen LogP contribution in [0, 0.1) is 11.7 Å². The average Bonchev–Trinajstić information content (AvgIpc) is 2.49. The molecule has 0 saturated heterocycles. The molecule has 7 heteroatoms. The SMILES string of the molecule is CC(C)(C)S(=O)(=O)N[C@H]1CC[C@H](C(=O)Nc2ccc(F)cc2)CC1. The number of carbonyl (C=O) groups excluding carboxylic acids is 1. The Bertz CT molecular complexity index is 673. The van der Waals surface area contributed by atoms with E-state index in [-0.39, 0.29) is 23.7 Å². The van der Waals surface area contributed by atoms with E-state index in [1.807, 2.05) is 0 Å². The summed E-state index contributed by atoms with van der Waals surface area (Å²) in [6.45, 7) is 4.99. The molecule has 0 radical (unpaired) electrons. The molecule has 0 unspecified atom stereocenters. The zero-order valence-electron chi connectivity index (χ0n) is 14.3. The molecule has 1 aromatic rings. The van der Waals surface area contributed by atoms with Gasteiger partial charge >= 0.3 is 0 Å². The Labute approximate surface area is 143 Å². The second kappa shape index (κ2) is 7.19. The smallest absolute Gasteiger partial charge is 0.227 e. The van der Waals surface area contributed by atoms with Gasteiger partial charge < -0.3 is 5.32 Å². The molecule has 0 spiro atoms. The van der Waals surface area contributed by atoms with Gasteiger partial charge in [0, 0.05) is 17.6 Å². The summed E-state index contributed by atoms with van der Waals surface area (Å²) in [5, 5.41) is 2.78. The third-order valence-electron chi connectivity index (χ3n) is 4.34. The highest BCUT2D eigenvalue weighted by Gasteiger charge is 2.34. The summed E-state index contributed by atoms with van der Waals surface area (Å²) in [7, 11) is -3.37. The molecule has 2 N–H and O–H groups in total. The molecule has 5 nitrogen and oxygen atoms in total. The molecular formula is C17H25FN2O3S. The number of halogens is 1. The van der Waals surface area contributed by atoms with Crippen molar-refractivity contribution in [3.8, 4) is 0 Å². The van der Waals surface area contributed by atoms with E-state index in [1.54, 1.807) is 20.8 Å². The molecule has 1 aliphatic rings. The summed E-state index contributed by atoms with van der Waals surface area (Å²) < 4.78 is 39.1. The van der Waals surface area contributed by atoms with Gasteiger partial charge in [-0.3, -0.25) is 4.79 Å². The van der Waals surface area contributed by atoms with Crippen LogP contribution in [0.25, 0.3) is 0 Å². The lowest BCUT2D eigenvalue weighted by atomic mass is 9.86. The van der Waals surface area contributed by atoms with Crippen molar-refractivity contribution in [3.63, 3.8) is 0 Å². The molecule has 1 fully saturated rings. The molecule has 1 saturated carbocycles. The Kier molecular flexibility index (Phi) is 5.65. The topological polar surface area (TPSA) is 75.3 Å². The van der Waals surface area contributed by atoms with E-state index in [0.717, 1.165) is 0 Å². The first-order chi connectivity index (χ1) is 11.1. The number of amides is 1. The number of sulfonamides is 1. The largest absolute Gasteiger partial charge is 0.326 e. The summed E-state index contributed by atoms with van der Waals surface area (Å²) >= 11 is 0. The van der Waals surface area contributed by atoms with Crippen LogP contribution in [-0.2, 0) is 14.8 Å². The minimum absolute atomic E-state index is 0.0984. The maximum absolute atomic E-state index is 12.9. The molecule has 0 aliphatic heterocycles. The van der Waals surface area contributed by atoms with Crippen molar-refractivity contribution in [2.24, 2.45) is 5.92 Å². The monoisotopic (exact) mass is 356 g/mol. The molecule has 134 valence electrons. The second-order valence-electron chi connectivity index (χ2n) is 7.28. The van der Waals surface area contributed by atoms with Gasteiger partial charge in [0.05, 0.1) is 4.75 Å². The van der Waals surface area contributed by atoms with E-state index in [9.17, 15) is 17.6 Å². The third-order valence-corrected chi connectivity index (χ3v) is 6.59. The highest BCUT2D eigenvalue weighted by atomic mass is 32.2. The molecule has 2 rings (SSSR count). The van der Waals surface area contributed by atoms with Gasteiger partial charge in [-0.05, 0) is 70.7 Å². The summed E-state index contributed by atoms with van der Waals surface area (Å²) in [6.07, 6.45) is 2.53. The van der Waals surface area contributed by atoms with E-state index < -0.39 is 14.8 Å². The van der Waals surface area contributed by atoms with Gasteiger partial charge in [-0.2, -0.15) is 0 Å². The minimum atomic E-state index is -3.37. The zero-order valence-corrected chi connectivity index (χ0v) is 15.1. The van der Waals surface area contributed by atoms with Crippen LogP contribution < -0.4 is 10.0 Å². The van der Waals surface area contributed by atoms with Crippen molar-refractivity contribution < 1.29 is 17.6 Å². The third kappa shape index (κ3) is 4.77. The molecule has 0 bridgehead atoms. The summed E-state index contributed by atoms with van der Waals surface area (Å²) in [6, 6.07) is 5.53. The summed E-state index contributed by atoms with van der Waals surface area (Å²) in [5.74, 6) is -0.594. The van der Waals surface area contributed by atoms with E-state index in [2.05, 4.69) is 10.0 Å². The maximum Gasteiger partial charge on any atom is 0.227 e. The van der Waals surface area contributed by atoms with Crippen molar-refractivity contribution in [2.45, 2.75) is 57.2 Å². The minimum Gasteiger partial charge on any atom is -0.326 e. The van der Waals surface area contributed by atoms with Crippen LogP contribution in [-0.4, -0.2) is 25.1 Å². The summed E-state index contributed by atoms with van der Waals surface area (Å²) in [4.78, 5) is 12.3. The highest BCUT2D eigenvalue weighted by molar-refractivity contribution is 7.90. The van der Waals surface area contributed by atoms with Gasteiger partial charge in [0.25, 0.3) is 0 Å². The van der Waals surface area contributed by atoms with Gasteiger partial charge in [0.1, 0.15) is 5.82 Å². The number of carbonyl (C=O) groups is 1. The highest BCUT2D eigenvalue weighted by Crippen LogP contribution is 2.27. The van der Waals surface area contributed by atoms with Crippen LogP contribution in [0.2, 0.25) is 0 Å². The number of nitrogens with one attached hydrogen (secondary N) is 2. The Balaban J connectivity index is 1.86. The van der Waals surface area contributed by atoms with E-state index in [4.69, 9.17) is 0 Å². The van der Waals surface area contributed by atoms with Gasteiger partial charge in [-0.25, -0.2) is 17.5 Å². The normalized spacial score (nSPS) is 22.2. The molecule has 1 aromatic carbocycles. The fourth-order valence-electron chi connectivity index (χ4n) is 2.65. The lowest BCUT2D eigenvalue weighted by Gasteiger charge is -2.30. The summed E-state index contributed by atoms with van der Waals surface area (Å²) in [5.41, 5.74) is 0.567. The van der Waals surface area contributed by atoms with Crippen LogP contribution in [0.15, 0.2) is 24.3 Å². The molecule has 0 heterocycles. The van der Waals surface area contributed by atoms with E-state index >= 15 is 0 Å². The number of hydrogen-bond donors (Lipinski definition) is 2. The number of hydrogen-bond acceptors (Lipinski definition) is 3. The van der Waals surface area contributed by atoms with Gasteiger partial charge in [0.15, 0.2) is 0 Å². The zero-order chi connectivity index (χ0) is 18.0. The quantitative estimate of drug-likeness (QED) is 0.871. The van der Waals surface area contributed by atoms with Crippen molar-refractivity contribution >= 4 is 21.6 Å². The number of rotatable bonds is 4. The van der Waals surface area contributed by atoms with Gasteiger partial charge in [-0.15, -0.1) is 0 Å². The number of benzene rings is 1. The first-order valence-corrected chi connectivity index (χ1v) is 9.65. The fraction of sp³-hybridized carbons (Fsp3) is 0.588.